The van der Waals surface area contributed by atoms with E-state index in [-0.39, 0.29) is 11.9 Å². The molecule has 0 aliphatic heterocycles. The molecule has 2 heterocycles. The fraction of sp³-hybridized carbons (Fsp3) is 0.143. The van der Waals surface area contributed by atoms with Crippen molar-refractivity contribution >= 4 is 34.8 Å². The molecule has 3 amide bonds. The van der Waals surface area contributed by atoms with Gasteiger partial charge in [0.05, 0.1) is 30.2 Å². The largest absolute Gasteiger partial charge is 0.497 e. The maximum absolute atomic E-state index is 12.8. The zero-order valence-corrected chi connectivity index (χ0v) is 16.6. The normalized spacial score (nSPS) is 10.1. The first-order valence-corrected chi connectivity index (χ1v) is 9.26. The van der Waals surface area contributed by atoms with Gasteiger partial charge in [-0.15, -0.1) is 0 Å². The molecule has 2 aromatic heterocycles. The summed E-state index contributed by atoms with van der Waals surface area (Å²) in [7, 11) is 1.59. The van der Waals surface area contributed by atoms with Crippen molar-refractivity contribution in [2.45, 2.75) is 6.92 Å². The molecule has 0 spiro atoms. The van der Waals surface area contributed by atoms with Crippen molar-refractivity contribution in [1.29, 1.82) is 0 Å². The van der Waals surface area contributed by atoms with Crippen LogP contribution in [0.2, 0.25) is 0 Å². The van der Waals surface area contributed by atoms with E-state index in [9.17, 15) is 9.59 Å². The van der Waals surface area contributed by atoms with E-state index < -0.39 is 0 Å². The fourth-order valence-corrected chi connectivity index (χ4v) is 2.59. The van der Waals surface area contributed by atoms with E-state index in [1.165, 1.54) is 6.20 Å². The number of benzene rings is 1. The van der Waals surface area contributed by atoms with Crippen molar-refractivity contribution in [3.8, 4) is 5.75 Å². The molecule has 0 radical (unpaired) electrons. The van der Waals surface area contributed by atoms with Gasteiger partial charge in [0, 0.05) is 30.7 Å². The lowest BCUT2D eigenvalue weighted by molar-refractivity contribution is 0.102. The predicted molar refractivity (Wildman–Crippen MR) is 115 cm³/mol. The van der Waals surface area contributed by atoms with Crippen LogP contribution in [0, 0.1) is 0 Å². The minimum atomic E-state index is -0.382. The molecular formula is C21H22N6O3. The second-order valence-electron chi connectivity index (χ2n) is 6.15. The number of urea groups is 1. The van der Waals surface area contributed by atoms with E-state index in [2.05, 4.69) is 31.2 Å². The molecule has 9 nitrogen and oxygen atoms in total. The summed E-state index contributed by atoms with van der Waals surface area (Å²) in [5.74, 6) is 0.648. The standard InChI is InChI=1S/C21H22N6O3/c1-3-23-21(29)27-19-11-18(25-14-6-8-16(30-2)9-7-14)17(13-24-19)20(28)26-15-5-4-10-22-12-15/h4-13H,3H2,1-2H3,(H,26,28)(H3,23,24,25,27,29). The predicted octanol–water partition coefficient (Wildman–Crippen LogP) is 3.62. The molecule has 0 saturated heterocycles. The summed E-state index contributed by atoms with van der Waals surface area (Å²) in [6.45, 7) is 2.30. The number of carbonyl (C=O) groups is 2. The van der Waals surface area contributed by atoms with Crippen LogP contribution in [-0.4, -0.2) is 35.6 Å². The molecule has 154 valence electrons. The number of pyridine rings is 2. The number of hydrogen-bond acceptors (Lipinski definition) is 6. The second kappa shape index (κ2) is 9.87. The van der Waals surface area contributed by atoms with Gasteiger partial charge in [0.2, 0.25) is 0 Å². The maximum atomic E-state index is 12.8. The maximum Gasteiger partial charge on any atom is 0.320 e. The Morgan fingerprint density at radius 2 is 1.83 bits per heavy atom. The number of anilines is 4. The molecule has 4 N–H and O–H groups in total. The molecular weight excluding hydrogens is 384 g/mol. The highest BCUT2D eigenvalue weighted by molar-refractivity contribution is 6.08. The van der Waals surface area contributed by atoms with Crippen LogP contribution in [-0.2, 0) is 0 Å². The van der Waals surface area contributed by atoms with Crippen LogP contribution in [0.1, 0.15) is 17.3 Å². The van der Waals surface area contributed by atoms with Crippen LogP contribution in [0.25, 0.3) is 0 Å². The zero-order chi connectivity index (χ0) is 21.3. The topological polar surface area (TPSA) is 117 Å². The Bertz CT molecular complexity index is 1010. The molecule has 0 unspecified atom stereocenters. The van der Waals surface area contributed by atoms with Gasteiger partial charge in [-0.3, -0.25) is 15.1 Å². The van der Waals surface area contributed by atoms with Gasteiger partial charge in [-0.25, -0.2) is 9.78 Å². The van der Waals surface area contributed by atoms with Crippen LogP contribution in [0.4, 0.5) is 27.7 Å². The third-order valence-electron chi connectivity index (χ3n) is 4.02. The molecule has 1 aromatic carbocycles. The molecule has 0 aliphatic carbocycles. The Balaban J connectivity index is 1.89. The number of rotatable bonds is 7. The van der Waals surface area contributed by atoms with E-state index in [1.54, 1.807) is 49.8 Å². The third-order valence-corrected chi connectivity index (χ3v) is 4.02. The Hall–Kier alpha value is -4.14. The number of hydrogen-bond donors (Lipinski definition) is 4. The Morgan fingerprint density at radius 3 is 2.50 bits per heavy atom. The van der Waals surface area contributed by atoms with E-state index in [4.69, 9.17) is 4.74 Å². The van der Waals surface area contributed by atoms with Crippen molar-refractivity contribution in [2.24, 2.45) is 0 Å². The molecule has 3 rings (SSSR count). The van der Waals surface area contributed by atoms with Crippen molar-refractivity contribution in [1.82, 2.24) is 15.3 Å². The van der Waals surface area contributed by atoms with Gasteiger partial charge >= 0.3 is 6.03 Å². The van der Waals surface area contributed by atoms with E-state index in [0.717, 1.165) is 5.69 Å². The van der Waals surface area contributed by atoms with Gasteiger partial charge in [0.1, 0.15) is 11.6 Å². The molecule has 0 fully saturated rings. The summed E-state index contributed by atoms with van der Waals surface area (Å²) >= 11 is 0. The van der Waals surface area contributed by atoms with Crippen molar-refractivity contribution in [3.63, 3.8) is 0 Å². The quantitative estimate of drug-likeness (QED) is 0.476. The third kappa shape index (κ3) is 5.44. The molecule has 9 heteroatoms. The highest BCUT2D eigenvalue weighted by atomic mass is 16.5. The lowest BCUT2D eigenvalue weighted by Gasteiger charge is -2.14. The molecule has 0 atom stereocenters. The fourth-order valence-electron chi connectivity index (χ4n) is 2.59. The monoisotopic (exact) mass is 406 g/mol. The number of carbonyl (C=O) groups excluding carboxylic acids is 2. The van der Waals surface area contributed by atoms with Crippen molar-refractivity contribution in [3.05, 3.63) is 66.6 Å². The number of amides is 3. The highest BCUT2D eigenvalue weighted by Crippen LogP contribution is 2.25. The average molecular weight is 406 g/mol. The number of nitrogens with one attached hydrogen (secondary N) is 4. The molecule has 3 aromatic rings. The van der Waals surface area contributed by atoms with Gasteiger partial charge in [0.25, 0.3) is 5.91 Å². The lowest BCUT2D eigenvalue weighted by Crippen LogP contribution is -2.28. The average Bonchev–Trinajstić information content (AvgIpc) is 2.75. The zero-order valence-electron chi connectivity index (χ0n) is 16.6. The van der Waals surface area contributed by atoms with Crippen LogP contribution >= 0.6 is 0 Å². The highest BCUT2D eigenvalue weighted by Gasteiger charge is 2.15. The minimum Gasteiger partial charge on any atom is -0.497 e. The summed E-state index contributed by atoms with van der Waals surface area (Å²) in [5.41, 5.74) is 2.07. The lowest BCUT2D eigenvalue weighted by atomic mass is 10.2. The first-order chi connectivity index (χ1) is 14.6. The molecule has 0 aliphatic rings. The summed E-state index contributed by atoms with van der Waals surface area (Å²) in [4.78, 5) is 32.8. The number of ether oxygens (including phenoxy) is 1. The van der Waals surface area contributed by atoms with Gasteiger partial charge in [0.15, 0.2) is 0 Å². The molecule has 0 bridgehead atoms. The first kappa shape index (κ1) is 20.6. The van der Waals surface area contributed by atoms with Crippen LogP contribution in [0.15, 0.2) is 61.1 Å². The second-order valence-corrected chi connectivity index (χ2v) is 6.15. The van der Waals surface area contributed by atoms with Crippen LogP contribution in [0.5, 0.6) is 5.75 Å². The Morgan fingerprint density at radius 1 is 1.03 bits per heavy atom. The first-order valence-electron chi connectivity index (χ1n) is 9.26. The Labute approximate surface area is 173 Å². The summed E-state index contributed by atoms with van der Waals surface area (Å²) in [6, 6.07) is 11.9. The van der Waals surface area contributed by atoms with E-state index in [0.29, 0.717) is 35.1 Å². The summed E-state index contributed by atoms with van der Waals surface area (Å²) < 4.78 is 5.17. The SMILES string of the molecule is CCNC(=O)Nc1cc(Nc2ccc(OC)cc2)c(C(=O)Nc2cccnc2)cn1. The number of nitrogens with zero attached hydrogens (tertiary/aromatic N) is 2. The number of aromatic nitrogens is 2. The van der Waals surface area contributed by atoms with Crippen LogP contribution in [0.3, 0.4) is 0 Å². The summed E-state index contributed by atoms with van der Waals surface area (Å²) in [6.07, 6.45) is 4.57. The van der Waals surface area contributed by atoms with Crippen molar-refractivity contribution in [2.75, 3.05) is 29.6 Å². The van der Waals surface area contributed by atoms with Gasteiger partial charge < -0.3 is 20.7 Å². The van der Waals surface area contributed by atoms with Crippen molar-refractivity contribution < 1.29 is 14.3 Å². The van der Waals surface area contributed by atoms with Gasteiger partial charge in [-0.05, 0) is 43.3 Å². The van der Waals surface area contributed by atoms with Gasteiger partial charge in [-0.1, -0.05) is 0 Å². The number of methoxy groups -OCH3 is 1. The van der Waals surface area contributed by atoms with E-state index >= 15 is 0 Å². The smallest absolute Gasteiger partial charge is 0.320 e. The molecule has 30 heavy (non-hydrogen) atoms. The Kier molecular flexibility index (Phi) is 6.78. The van der Waals surface area contributed by atoms with Gasteiger partial charge in [-0.2, -0.15) is 0 Å². The molecule has 0 saturated carbocycles. The summed E-state index contributed by atoms with van der Waals surface area (Å²) in [5, 5.41) is 11.3. The van der Waals surface area contributed by atoms with E-state index in [1.807, 2.05) is 19.1 Å². The van der Waals surface area contributed by atoms with Crippen LogP contribution < -0.4 is 26.0 Å². The minimum absolute atomic E-state index is 0.301.